The lowest BCUT2D eigenvalue weighted by atomic mass is 9.91. The molecule has 0 aromatic carbocycles. The van der Waals surface area contributed by atoms with Crippen molar-refractivity contribution in [3.05, 3.63) is 33.7 Å². The van der Waals surface area contributed by atoms with Crippen LogP contribution in [-0.2, 0) is 6.42 Å². The smallest absolute Gasteiger partial charge is 0.248 e. The van der Waals surface area contributed by atoms with Gasteiger partial charge in [-0.05, 0) is 45.2 Å². The monoisotopic (exact) mass is 277 g/mol. The Balaban J connectivity index is 1.91. The zero-order chi connectivity index (χ0) is 14.5. The summed E-state index contributed by atoms with van der Waals surface area (Å²) < 4.78 is 0. The molecule has 0 saturated heterocycles. The Morgan fingerprint density at radius 3 is 3.05 bits per heavy atom. The lowest BCUT2D eigenvalue weighted by Crippen LogP contribution is -2.37. The van der Waals surface area contributed by atoms with Crippen molar-refractivity contribution in [2.45, 2.75) is 51.6 Å². The van der Waals surface area contributed by atoms with Gasteiger partial charge in [0.2, 0.25) is 5.56 Å². The van der Waals surface area contributed by atoms with Crippen LogP contribution in [0.3, 0.4) is 0 Å². The summed E-state index contributed by atoms with van der Waals surface area (Å²) in [5.74, 6) is 0. The number of hydrogen-bond acceptors (Lipinski definition) is 3. The summed E-state index contributed by atoms with van der Waals surface area (Å²) in [6.07, 6.45) is 4.48. The molecule has 112 valence electrons. The SMILES string of the molecule is CCC(C)N(C)CCNC1CCCc2[nH]c(=O)ccc21. The molecule has 1 aliphatic rings. The van der Waals surface area contributed by atoms with E-state index in [2.05, 4.69) is 36.1 Å². The number of rotatable bonds is 6. The van der Waals surface area contributed by atoms with Crippen molar-refractivity contribution in [2.24, 2.45) is 0 Å². The zero-order valence-electron chi connectivity index (χ0n) is 12.9. The molecule has 0 radical (unpaired) electrons. The molecule has 0 amide bonds. The predicted molar refractivity (Wildman–Crippen MR) is 83.1 cm³/mol. The van der Waals surface area contributed by atoms with Gasteiger partial charge in [0, 0.05) is 36.9 Å². The van der Waals surface area contributed by atoms with Crippen molar-refractivity contribution in [2.75, 3.05) is 20.1 Å². The maximum atomic E-state index is 11.4. The molecule has 0 fully saturated rings. The van der Waals surface area contributed by atoms with Crippen molar-refractivity contribution in [3.63, 3.8) is 0 Å². The van der Waals surface area contributed by atoms with Gasteiger partial charge < -0.3 is 15.2 Å². The summed E-state index contributed by atoms with van der Waals surface area (Å²) in [5, 5.41) is 3.64. The van der Waals surface area contributed by atoms with Crippen molar-refractivity contribution < 1.29 is 0 Å². The molecule has 2 atom stereocenters. The molecule has 2 N–H and O–H groups in total. The van der Waals surface area contributed by atoms with Crippen LogP contribution in [0.5, 0.6) is 0 Å². The Morgan fingerprint density at radius 1 is 1.50 bits per heavy atom. The van der Waals surface area contributed by atoms with Crippen LogP contribution in [-0.4, -0.2) is 36.1 Å². The van der Waals surface area contributed by atoms with E-state index >= 15 is 0 Å². The zero-order valence-corrected chi connectivity index (χ0v) is 12.9. The molecule has 2 rings (SSSR count). The standard InChI is InChI=1S/C16H27N3O/c1-4-12(2)19(3)11-10-17-14-6-5-7-15-13(14)8-9-16(20)18-15/h8-9,12,14,17H,4-7,10-11H2,1-3H3,(H,18,20). The minimum Gasteiger partial charge on any atom is -0.326 e. The van der Waals surface area contributed by atoms with Crippen LogP contribution in [0.15, 0.2) is 16.9 Å². The third-order valence-corrected chi connectivity index (χ3v) is 4.53. The Hall–Kier alpha value is -1.13. The first kappa shape index (κ1) is 15.3. The normalized spacial score (nSPS) is 19.9. The van der Waals surface area contributed by atoms with E-state index in [4.69, 9.17) is 0 Å². The highest BCUT2D eigenvalue weighted by Gasteiger charge is 2.20. The summed E-state index contributed by atoms with van der Waals surface area (Å²) in [6, 6.07) is 4.65. The Morgan fingerprint density at radius 2 is 2.30 bits per heavy atom. The highest BCUT2D eigenvalue weighted by atomic mass is 16.1. The second-order valence-electron chi connectivity index (χ2n) is 5.89. The van der Waals surface area contributed by atoms with Gasteiger partial charge in [-0.3, -0.25) is 4.79 Å². The lowest BCUT2D eigenvalue weighted by Gasteiger charge is -2.28. The number of aromatic nitrogens is 1. The molecule has 1 aromatic rings. The van der Waals surface area contributed by atoms with Gasteiger partial charge in [-0.1, -0.05) is 13.0 Å². The van der Waals surface area contributed by atoms with Gasteiger partial charge in [-0.15, -0.1) is 0 Å². The lowest BCUT2D eigenvalue weighted by molar-refractivity contribution is 0.246. The fourth-order valence-corrected chi connectivity index (χ4v) is 2.86. The van der Waals surface area contributed by atoms with E-state index < -0.39 is 0 Å². The number of pyridine rings is 1. The molecule has 4 heteroatoms. The molecule has 1 aliphatic carbocycles. The minimum absolute atomic E-state index is 0.0147. The highest BCUT2D eigenvalue weighted by Crippen LogP contribution is 2.27. The van der Waals surface area contributed by atoms with Crippen molar-refractivity contribution in [3.8, 4) is 0 Å². The minimum atomic E-state index is 0.0147. The average molecular weight is 277 g/mol. The molecule has 20 heavy (non-hydrogen) atoms. The number of fused-ring (bicyclic) bond motifs is 1. The van der Waals surface area contributed by atoms with Crippen LogP contribution in [0.25, 0.3) is 0 Å². The van der Waals surface area contributed by atoms with E-state index in [1.807, 2.05) is 6.07 Å². The number of hydrogen-bond donors (Lipinski definition) is 2. The van der Waals surface area contributed by atoms with Gasteiger partial charge >= 0.3 is 0 Å². The second kappa shape index (κ2) is 7.04. The van der Waals surface area contributed by atoms with E-state index in [0.717, 1.165) is 38.0 Å². The molecule has 0 bridgehead atoms. The van der Waals surface area contributed by atoms with Gasteiger partial charge in [0.05, 0.1) is 0 Å². The summed E-state index contributed by atoms with van der Waals surface area (Å²) in [7, 11) is 2.18. The third-order valence-electron chi connectivity index (χ3n) is 4.53. The number of nitrogens with one attached hydrogen (secondary N) is 2. The van der Waals surface area contributed by atoms with E-state index in [-0.39, 0.29) is 5.56 Å². The summed E-state index contributed by atoms with van der Waals surface area (Å²) >= 11 is 0. The first-order chi connectivity index (χ1) is 9.61. The first-order valence-electron chi connectivity index (χ1n) is 7.77. The molecule has 0 aliphatic heterocycles. The highest BCUT2D eigenvalue weighted by molar-refractivity contribution is 5.26. The van der Waals surface area contributed by atoms with Gasteiger partial charge in [-0.2, -0.15) is 0 Å². The van der Waals surface area contributed by atoms with E-state index in [0.29, 0.717) is 12.1 Å². The number of aryl methyl sites for hydroxylation is 1. The summed E-state index contributed by atoms with van der Waals surface area (Å²) in [4.78, 5) is 16.7. The Bertz CT molecular complexity index is 483. The van der Waals surface area contributed by atoms with Gasteiger partial charge in [0.25, 0.3) is 0 Å². The Labute approximate surface area is 121 Å². The maximum absolute atomic E-state index is 11.4. The molecule has 1 heterocycles. The van der Waals surface area contributed by atoms with Gasteiger partial charge in [0.1, 0.15) is 0 Å². The second-order valence-corrected chi connectivity index (χ2v) is 5.89. The van der Waals surface area contributed by atoms with Crippen LogP contribution in [0.4, 0.5) is 0 Å². The first-order valence-corrected chi connectivity index (χ1v) is 7.77. The maximum Gasteiger partial charge on any atom is 0.248 e. The fourth-order valence-electron chi connectivity index (χ4n) is 2.86. The van der Waals surface area contributed by atoms with E-state index in [1.165, 1.54) is 12.0 Å². The number of aromatic amines is 1. The molecule has 0 saturated carbocycles. The van der Waals surface area contributed by atoms with Gasteiger partial charge in [0.15, 0.2) is 0 Å². The predicted octanol–water partition coefficient (Wildman–Crippen LogP) is 2.07. The molecule has 4 nitrogen and oxygen atoms in total. The number of likely N-dealkylation sites (N-methyl/N-ethyl adjacent to an activating group) is 1. The summed E-state index contributed by atoms with van der Waals surface area (Å²) in [6.45, 7) is 6.54. The van der Waals surface area contributed by atoms with E-state index in [1.54, 1.807) is 6.07 Å². The molecule has 2 unspecified atom stereocenters. The van der Waals surface area contributed by atoms with Crippen LogP contribution >= 0.6 is 0 Å². The topological polar surface area (TPSA) is 48.1 Å². The van der Waals surface area contributed by atoms with Gasteiger partial charge in [-0.25, -0.2) is 0 Å². The van der Waals surface area contributed by atoms with Crippen LogP contribution < -0.4 is 10.9 Å². The van der Waals surface area contributed by atoms with Crippen molar-refractivity contribution in [1.82, 2.24) is 15.2 Å². The molecule has 0 spiro atoms. The molecular weight excluding hydrogens is 250 g/mol. The van der Waals surface area contributed by atoms with Crippen LogP contribution in [0.1, 0.15) is 50.4 Å². The number of H-pyrrole nitrogens is 1. The molecule has 1 aromatic heterocycles. The fraction of sp³-hybridized carbons (Fsp3) is 0.688. The summed E-state index contributed by atoms with van der Waals surface area (Å²) in [5.41, 5.74) is 2.42. The largest absolute Gasteiger partial charge is 0.326 e. The quantitative estimate of drug-likeness (QED) is 0.837. The van der Waals surface area contributed by atoms with Crippen LogP contribution in [0.2, 0.25) is 0 Å². The Kier molecular flexibility index (Phi) is 5.38. The third kappa shape index (κ3) is 3.70. The molecular formula is C16H27N3O. The van der Waals surface area contributed by atoms with E-state index in [9.17, 15) is 4.79 Å². The van der Waals surface area contributed by atoms with Crippen molar-refractivity contribution in [1.29, 1.82) is 0 Å². The average Bonchev–Trinajstić information content (AvgIpc) is 2.46. The number of nitrogens with zero attached hydrogens (tertiary/aromatic N) is 1. The van der Waals surface area contributed by atoms with Crippen LogP contribution in [0, 0.1) is 0 Å². The van der Waals surface area contributed by atoms with Crippen molar-refractivity contribution >= 4 is 0 Å².